The van der Waals surface area contributed by atoms with E-state index in [1.165, 1.54) is 14.2 Å². The van der Waals surface area contributed by atoms with Crippen LogP contribution < -0.4 is 5.73 Å². The number of methoxy groups -OCH3 is 2. The van der Waals surface area contributed by atoms with Crippen LogP contribution >= 0.6 is 0 Å². The summed E-state index contributed by atoms with van der Waals surface area (Å²) in [5.41, 5.74) is 5.68. The second-order valence-corrected chi connectivity index (χ2v) is 5.42. The molecule has 0 radical (unpaired) electrons. The third-order valence-electron chi connectivity index (χ3n) is 2.45. The summed E-state index contributed by atoms with van der Waals surface area (Å²) < 4.78 is 32.6. The zero-order valence-corrected chi connectivity index (χ0v) is 8.63. The topological polar surface area (TPSA) is 78.6 Å². The Hall–Kier alpha value is -0.170. The minimum Gasteiger partial charge on any atom is -0.352 e. The molecule has 0 aromatic heterocycles. The zero-order chi connectivity index (χ0) is 10.1. The molecule has 0 spiro atoms. The first-order valence-corrected chi connectivity index (χ1v) is 5.84. The van der Waals surface area contributed by atoms with Gasteiger partial charge in [-0.25, -0.2) is 8.42 Å². The molecule has 1 aliphatic rings. The SMILES string of the molecule is COC1(OC)CCS(=O)(=O)CC1N. The molecule has 0 aromatic carbocycles. The fourth-order valence-corrected chi connectivity index (χ4v) is 3.12. The first-order valence-electron chi connectivity index (χ1n) is 4.02. The van der Waals surface area contributed by atoms with Crippen LogP contribution in [-0.4, -0.2) is 46.0 Å². The Morgan fingerprint density at radius 2 is 1.92 bits per heavy atom. The van der Waals surface area contributed by atoms with Gasteiger partial charge in [0, 0.05) is 20.6 Å². The minimum atomic E-state index is -3.01. The summed E-state index contributed by atoms with van der Waals surface area (Å²) in [5.74, 6) is -0.928. The second kappa shape index (κ2) is 3.53. The molecule has 5 nitrogen and oxygen atoms in total. The lowest BCUT2D eigenvalue weighted by Crippen LogP contribution is -2.58. The number of hydrogen-bond donors (Lipinski definition) is 1. The van der Waals surface area contributed by atoms with E-state index in [1.54, 1.807) is 0 Å². The average Bonchev–Trinajstić information content (AvgIpc) is 2.05. The van der Waals surface area contributed by atoms with Gasteiger partial charge in [0.05, 0.1) is 17.5 Å². The van der Waals surface area contributed by atoms with Gasteiger partial charge in [-0.1, -0.05) is 0 Å². The quantitative estimate of drug-likeness (QED) is 0.598. The summed E-state index contributed by atoms with van der Waals surface area (Å²) in [6, 6.07) is -0.610. The number of sulfone groups is 1. The van der Waals surface area contributed by atoms with Crippen LogP contribution in [0.2, 0.25) is 0 Å². The maximum atomic E-state index is 11.2. The summed E-state index contributed by atoms with van der Waals surface area (Å²) >= 11 is 0. The number of nitrogens with two attached hydrogens (primary N) is 1. The lowest BCUT2D eigenvalue weighted by atomic mass is 10.1. The molecule has 0 aliphatic carbocycles. The van der Waals surface area contributed by atoms with E-state index in [1.807, 2.05) is 0 Å². The van der Waals surface area contributed by atoms with Crippen molar-refractivity contribution in [2.24, 2.45) is 5.73 Å². The molecule has 1 atom stereocenters. The number of ether oxygens (including phenoxy) is 2. The lowest BCUT2D eigenvalue weighted by molar-refractivity contribution is -0.219. The summed E-state index contributed by atoms with van der Waals surface area (Å²) in [6.45, 7) is 0. The van der Waals surface area contributed by atoms with Gasteiger partial charge in [-0.3, -0.25) is 0 Å². The van der Waals surface area contributed by atoms with Gasteiger partial charge < -0.3 is 15.2 Å². The van der Waals surface area contributed by atoms with Crippen molar-refractivity contribution in [1.82, 2.24) is 0 Å². The van der Waals surface area contributed by atoms with Crippen LogP contribution in [0.3, 0.4) is 0 Å². The third-order valence-corrected chi connectivity index (χ3v) is 4.14. The van der Waals surface area contributed by atoms with Crippen molar-refractivity contribution in [3.63, 3.8) is 0 Å². The standard InChI is InChI=1S/C7H15NO4S/c1-11-7(12-2)3-4-13(9,10)5-6(7)8/h6H,3-5,8H2,1-2H3. The highest BCUT2D eigenvalue weighted by atomic mass is 32.2. The van der Waals surface area contributed by atoms with E-state index in [0.29, 0.717) is 6.42 Å². The lowest BCUT2D eigenvalue weighted by Gasteiger charge is -2.39. The van der Waals surface area contributed by atoms with Crippen molar-refractivity contribution in [3.05, 3.63) is 0 Å². The predicted octanol–water partition coefficient (Wildman–Crippen LogP) is -0.879. The first-order chi connectivity index (χ1) is 5.96. The van der Waals surface area contributed by atoms with E-state index in [-0.39, 0.29) is 11.5 Å². The number of rotatable bonds is 2. The molecule has 0 amide bonds. The van der Waals surface area contributed by atoms with Crippen LogP contribution in [0.4, 0.5) is 0 Å². The molecule has 1 heterocycles. The highest BCUT2D eigenvalue weighted by Gasteiger charge is 2.44. The van der Waals surface area contributed by atoms with Crippen LogP contribution in [-0.2, 0) is 19.3 Å². The van der Waals surface area contributed by atoms with Crippen molar-refractivity contribution < 1.29 is 17.9 Å². The largest absolute Gasteiger partial charge is 0.352 e. The van der Waals surface area contributed by atoms with E-state index < -0.39 is 21.7 Å². The first kappa shape index (κ1) is 10.9. The van der Waals surface area contributed by atoms with Gasteiger partial charge in [-0.2, -0.15) is 0 Å². The molecular weight excluding hydrogens is 194 g/mol. The molecule has 2 N–H and O–H groups in total. The second-order valence-electron chi connectivity index (χ2n) is 3.19. The zero-order valence-electron chi connectivity index (χ0n) is 7.82. The third kappa shape index (κ3) is 2.01. The molecule has 1 unspecified atom stereocenters. The highest BCUT2D eigenvalue weighted by molar-refractivity contribution is 7.91. The minimum absolute atomic E-state index is 0.0718. The van der Waals surface area contributed by atoms with Crippen LogP contribution in [0.15, 0.2) is 0 Å². The molecule has 0 bridgehead atoms. The molecule has 13 heavy (non-hydrogen) atoms. The molecular formula is C7H15NO4S. The summed E-state index contributed by atoms with van der Waals surface area (Å²) in [6.07, 6.45) is 0.295. The van der Waals surface area contributed by atoms with Crippen molar-refractivity contribution in [3.8, 4) is 0 Å². The summed E-state index contributed by atoms with van der Waals surface area (Å²) in [7, 11) is -0.0611. The summed E-state index contributed by atoms with van der Waals surface area (Å²) in [4.78, 5) is 0. The van der Waals surface area contributed by atoms with Gasteiger partial charge in [0.2, 0.25) is 0 Å². The van der Waals surface area contributed by atoms with Crippen LogP contribution in [0.25, 0.3) is 0 Å². The molecule has 78 valence electrons. The molecule has 6 heteroatoms. The van der Waals surface area contributed by atoms with Crippen molar-refractivity contribution in [2.75, 3.05) is 25.7 Å². The predicted molar refractivity (Wildman–Crippen MR) is 48.0 cm³/mol. The van der Waals surface area contributed by atoms with E-state index in [0.717, 1.165) is 0 Å². The maximum Gasteiger partial charge on any atom is 0.184 e. The van der Waals surface area contributed by atoms with Gasteiger partial charge in [0.15, 0.2) is 15.6 Å². The highest BCUT2D eigenvalue weighted by Crippen LogP contribution is 2.26. The van der Waals surface area contributed by atoms with E-state index >= 15 is 0 Å². The van der Waals surface area contributed by atoms with Gasteiger partial charge in [-0.05, 0) is 0 Å². The normalized spacial score (nSPS) is 31.5. The maximum absolute atomic E-state index is 11.2. The Balaban J connectivity index is 2.83. The van der Waals surface area contributed by atoms with Gasteiger partial charge in [0.1, 0.15) is 0 Å². The van der Waals surface area contributed by atoms with E-state index in [9.17, 15) is 8.42 Å². The molecule has 1 aliphatic heterocycles. The fraction of sp³-hybridized carbons (Fsp3) is 1.00. The molecule has 1 saturated heterocycles. The van der Waals surface area contributed by atoms with Crippen LogP contribution in [0, 0.1) is 0 Å². The van der Waals surface area contributed by atoms with Crippen molar-refractivity contribution >= 4 is 9.84 Å². The van der Waals surface area contributed by atoms with Crippen LogP contribution in [0.1, 0.15) is 6.42 Å². The van der Waals surface area contributed by atoms with E-state index in [2.05, 4.69) is 0 Å². The Bertz CT molecular complexity index is 270. The Labute approximate surface area is 78.1 Å². The van der Waals surface area contributed by atoms with Gasteiger partial charge in [0.25, 0.3) is 0 Å². The Morgan fingerprint density at radius 1 is 1.38 bits per heavy atom. The van der Waals surface area contributed by atoms with Crippen LogP contribution in [0.5, 0.6) is 0 Å². The Kier molecular flexibility index (Phi) is 2.96. The molecule has 0 aromatic rings. The molecule has 0 saturated carbocycles. The van der Waals surface area contributed by atoms with Crippen molar-refractivity contribution in [1.29, 1.82) is 0 Å². The number of hydrogen-bond acceptors (Lipinski definition) is 5. The Morgan fingerprint density at radius 3 is 2.31 bits per heavy atom. The average molecular weight is 209 g/mol. The monoisotopic (exact) mass is 209 g/mol. The molecule has 1 rings (SSSR count). The molecule has 1 fully saturated rings. The smallest absolute Gasteiger partial charge is 0.184 e. The van der Waals surface area contributed by atoms with Gasteiger partial charge in [-0.15, -0.1) is 0 Å². The van der Waals surface area contributed by atoms with E-state index in [4.69, 9.17) is 15.2 Å². The van der Waals surface area contributed by atoms with Gasteiger partial charge >= 0.3 is 0 Å². The van der Waals surface area contributed by atoms with Crippen molar-refractivity contribution in [2.45, 2.75) is 18.2 Å². The summed E-state index contributed by atoms with van der Waals surface area (Å²) in [5, 5.41) is 0. The fourth-order valence-electron chi connectivity index (χ4n) is 1.56.